The molecule has 7 nitrogen and oxygen atoms in total. The van der Waals surface area contributed by atoms with Gasteiger partial charge < -0.3 is 9.42 Å². The Morgan fingerprint density at radius 2 is 1.91 bits per heavy atom. The normalized spacial score (nSPS) is 19.0. The summed E-state index contributed by atoms with van der Waals surface area (Å²) in [5, 5.41) is 3.93. The summed E-state index contributed by atoms with van der Waals surface area (Å²) in [6.07, 6.45) is 8.93. The van der Waals surface area contributed by atoms with Crippen molar-refractivity contribution >= 4 is 5.91 Å². The predicted molar refractivity (Wildman–Crippen MR) is 81.2 cm³/mol. The summed E-state index contributed by atoms with van der Waals surface area (Å²) in [7, 11) is 0. The summed E-state index contributed by atoms with van der Waals surface area (Å²) in [5.74, 6) is 2.41. The predicted octanol–water partition coefficient (Wildman–Crippen LogP) is 2.03. The fourth-order valence-electron chi connectivity index (χ4n) is 3.34. The van der Waals surface area contributed by atoms with Gasteiger partial charge in [0.25, 0.3) is 0 Å². The van der Waals surface area contributed by atoms with E-state index in [4.69, 9.17) is 4.52 Å². The first-order chi connectivity index (χ1) is 11.3. The summed E-state index contributed by atoms with van der Waals surface area (Å²) in [6.45, 7) is 1.34. The Hall–Kier alpha value is -2.31. The molecule has 0 atom stereocenters. The van der Waals surface area contributed by atoms with Gasteiger partial charge in [0, 0.05) is 31.9 Å². The molecule has 2 aromatic rings. The minimum Gasteiger partial charge on any atom is -0.341 e. The van der Waals surface area contributed by atoms with E-state index in [1.165, 1.54) is 25.7 Å². The fraction of sp³-hybridized carbons (Fsp3) is 0.562. The Morgan fingerprint density at radius 1 is 1.17 bits per heavy atom. The molecule has 0 bridgehead atoms. The molecule has 1 saturated carbocycles. The zero-order chi connectivity index (χ0) is 15.6. The largest absolute Gasteiger partial charge is 0.341 e. The molecule has 4 rings (SSSR count). The third-order valence-electron chi connectivity index (χ3n) is 4.73. The molecule has 0 N–H and O–H groups in total. The average molecular weight is 313 g/mol. The van der Waals surface area contributed by atoms with Gasteiger partial charge in [-0.3, -0.25) is 4.79 Å². The molecule has 1 amide bonds. The van der Waals surface area contributed by atoms with Crippen molar-refractivity contribution in [3.63, 3.8) is 0 Å². The van der Waals surface area contributed by atoms with Gasteiger partial charge in [-0.1, -0.05) is 18.0 Å². The maximum atomic E-state index is 12.2. The first-order valence-electron chi connectivity index (χ1n) is 8.18. The van der Waals surface area contributed by atoms with Gasteiger partial charge in [-0.25, -0.2) is 9.97 Å². The Kier molecular flexibility index (Phi) is 3.77. The van der Waals surface area contributed by atoms with Gasteiger partial charge in [0.2, 0.25) is 23.4 Å². The monoisotopic (exact) mass is 313 g/mol. The third kappa shape index (κ3) is 2.95. The molecule has 1 aliphatic carbocycles. The zero-order valence-electron chi connectivity index (χ0n) is 12.9. The standard InChI is InChI=1S/C16H19N5O2/c22-13(8-11-4-1-2-5-11)21-9-12(10-21)16-19-15(20-23-16)14-17-6-3-7-18-14/h3,6-7,11-12H,1-2,4-5,8-10H2. The van der Waals surface area contributed by atoms with Crippen molar-refractivity contribution in [2.45, 2.75) is 38.0 Å². The van der Waals surface area contributed by atoms with E-state index in [1.54, 1.807) is 18.5 Å². The van der Waals surface area contributed by atoms with Crippen LogP contribution in [0.4, 0.5) is 0 Å². The number of likely N-dealkylation sites (tertiary alicyclic amines) is 1. The zero-order valence-corrected chi connectivity index (χ0v) is 12.9. The highest BCUT2D eigenvalue weighted by Gasteiger charge is 2.36. The van der Waals surface area contributed by atoms with Crippen LogP contribution in [0.2, 0.25) is 0 Å². The molecule has 0 spiro atoms. The summed E-state index contributed by atoms with van der Waals surface area (Å²) in [6, 6.07) is 1.74. The molecule has 2 aliphatic rings. The van der Waals surface area contributed by atoms with Crippen LogP contribution in [0.5, 0.6) is 0 Å². The molecule has 0 unspecified atom stereocenters. The quantitative estimate of drug-likeness (QED) is 0.858. The molecule has 23 heavy (non-hydrogen) atoms. The van der Waals surface area contributed by atoms with Gasteiger partial charge in [-0.05, 0) is 24.8 Å². The molecule has 1 aliphatic heterocycles. The lowest BCUT2D eigenvalue weighted by atomic mass is 9.97. The van der Waals surface area contributed by atoms with Crippen LogP contribution < -0.4 is 0 Å². The molecule has 3 heterocycles. The summed E-state index contributed by atoms with van der Waals surface area (Å²) in [5.41, 5.74) is 0. The van der Waals surface area contributed by atoms with E-state index in [2.05, 4.69) is 20.1 Å². The number of hydrogen-bond acceptors (Lipinski definition) is 6. The van der Waals surface area contributed by atoms with Gasteiger partial charge in [-0.2, -0.15) is 4.98 Å². The van der Waals surface area contributed by atoms with Crippen molar-refractivity contribution in [3.05, 3.63) is 24.4 Å². The van der Waals surface area contributed by atoms with Gasteiger partial charge in [0.15, 0.2) is 0 Å². The summed E-state index contributed by atoms with van der Waals surface area (Å²) in [4.78, 5) is 26.7. The number of carbonyl (C=O) groups excluding carboxylic acids is 1. The van der Waals surface area contributed by atoms with Crippen molar-refractivity contribution < 1.29 is 9.32 Å². The van der Waals surface area contributed by atoms with Crippen LogP contribution >= 0.6 is 0 Å². The van der Waals surface area contributed by atoms with Crippen molar-refractivity contribution in [2.75, 3.05) is 13.1 Å². The summed E-state index contributed by atoms with van der Waals surface area (Å²) >= 11 is 0. The second-order valence-electron chi connectivity index (χ2n) is 6.38. The SMILES string of the molecule is O=C(CC1CCCC1)N1CC(c2nc(-c3ncccn3)no2)C1. The molecule has 120 valence electrons. The Balaban J connectivity index is 1.33. The van der Waals surface area contributed by atoms with Gasteiger partial charge >= 0.3 is 0 Å². The highest BCUT2D eigenvalue weighted by atomic mass is 16.5. The minimum atomic E-state index is 0.132. The number of rotatable bonds is 4. The number of amides is 1. The van der Waals surface area contributed by atoms with E-state index in [-0.39, 0.29) is 11.8 Å². The highest BCUT2D eigenvalue weighted by molar-refractivity contribution is 5.77. The maximum Gasteiger partial charge on any atom is 0.240 e. The topological polar surface area (TPSA) is 85.0 Å². The molecular formula is C16H19N5O2. The number of nitrogens with zero attached hydrogens (tertiary/aromatic N) is 5. The molecule has 2 aromatic heterocycles. The summed E-state index contributed by atoms with van der Waals surface area (Å²) < 4.78 is 5.31. The first kappa shape index (κ1) is 14.3. The average Bonchev–Trinajstić information content (AvgIpc) is 3.18. The van der Waals surface area contributed by atoms with Crippen LogP contribution in [-0.2, 0) is 4.79 Å². The van der Waals surface area contributed by atoms with E-state index >= 15 is 0 Å². The third-order valence-corrected chi connectivity index (χ3v) is 4.73. The van der Waals surface area contributed by atoms with Crippen molar-refractivity contribution in [3.8, 4) is 11.6 Å². The minimum absolute atomic E-state index is 0.132. The van der Waals surface area contributed by atoms with Gasteiger partial charge in [0.05, 0.1) is 5.92 Å². The van der Waals surface area contributed by atoms with Crippen LogP contribution in [0, 0.1) is 5.92 Å². The number of carbonyl (C=O) groups is 1. The number of hydrogen-bond donors (Lipinski definition) is 0. The fourth-order valence-corrected chi connectivity index (χ4v) is 3.34. The molecule has 2 fully saturated rings. The Labute approximate surface area is 134 Å². The first-order valence-corrected chi connectivity index (χ1v) is 8.18. The van der Waals surface area contributed by atoms with E-state index in [0.717, 1.165) is 0 Å². The lowest BCUT2D eigenvalue weighted by molar-refractivity contribution is -0.137. The van der Waals surface area contributed by atoms with Crippen molar-refractivity contribution in [1.29, 1.82) is 0 Å². The van der Waals surface area contributed by atoms with Crippen molar-refractivity contribution in [2.24, 2.45) is 5.92 Å². The van der Waals surface area contributed by atoms with Crippen molar-refractivity contribution in [1.82, 2.24) is 25.0 Å². The van der Waals surface area contributed by atoms with E-state index in [1.807, 2.05) is 4.90 Å². The second kappa shape index (κ2) is 6.06. The Morgan fingerprint density at radius 3 is 2.65 bits per heavy atom. The molecule has 1 saturated heterocycles. The van der Waals surface area contributed by atoms with Crippen LogP contribution in [0.15, 0.2) is 23.0 Å². The van der Waals surface area contributed by atoms with E-state index in [9.17, 15) is 4.79 Å². The van der Waals surface area contributed by atoms with Crippen LogP contribution in [0.3, 0.4) is 0 Å². The van der Waals surface area contributed by atoms with E-state index in [0.29, 0.717) is 43.0 Å². The van der Waals surface area contributed by atoms with E-state index < -0.39 is 0 Å². The molecular weight excluding hydrogens is 294 g/mol. The molecule has 0 aromatic carbocycles. The molecule has 7 heteroatoms. The highest BCUT2D eigenvalue weighted by Crippen LogP contribution is 2.31. The second-order valence-corrected chi connectivity index (χ2v) is 6.38. The lowest BCUT2D eigenvalue weighted by Gasteiger charge is -2.37. The van der Waals surface area contributed by atoms with Crippen LogP contribution in [-0.4, -0.2) is 44.0 Å². The van der Waals surface area contributed by atoms with Crippen LogP contribution in [0.1, 0.15) is 43.9 Å². The molecule has 0 radical (unpaired) electrons. The van der Waals surface area contributed by atoms with Crippen LogP contribution in [0.25, 0.3) is 11.6 Å². The lowest BCUT2D eigenvalue weighted by Crippen LogP contribution is -2.48. The van der Waals surface area contributed by atoms with Gasteiger partial charge in [0.1, 0.15) is 0 Å². The smallest absolute Gasteiger partial charge is 0.240 e. The number of aromatic nitrogens is 4. The van der Waals surface area contributed by atoms with Gasteiger partial charge in [-0.15, -0.1) is 0 Å². The Bertz CT molecular complexity index is 675. The maximum absolute atomic E-state index is 12.2.